The average molecular weight is 387 g/mol. The molecule has 0 radical (unpaired) electrons. The number of ether oxygens (including phenoxy) is 1. The van der Waals surface area contributed by atoms with Crippen LogP contribution in [0.15, 0.2) is 11.6 Å². The highest BCUT2D eigenvalue weighted by atomic mass is 35.5. The van der Waals surface area contributed by atoms with Gasteiger partial charge in [-0.15, -0.1) is 12.4 Å². The molecule has 1 fully saturated rings. The van der Waals surface area contributed by atoms with E-state index in [-0.39, 0.29) is 54.3 Å². The first-order valence-corrected chi connectivity index (χ1v) is 9.89. The molecule has 1 amide bonds. The molecule has 2 aliphatic rings. The topological polar surface area (TPSA) is 81.4 Å². The molecule has 2 rings (SSSR count). The third-order valence-corrected chi connectivity index (χ3v) is 5.56. The van der Waals surface area contributed by atoms with Crippen LogP contribution in [0.5, 0.6) is 0 Å². The standard InChI is InChI=1S/C20H34N2O3.ClH/c1-4-16(5-2)25-18-12-15(11-17(21)19(18)22-13(3)23)20(24)14-9-7-6-8-10-14;/h12,14,16-19H,4-11,21H2,1-3H3,(H,22,23);1H/t17-,18+,19+;/m0./s1. The maximum absolute atomic E-state index is 12.9. The van der Waals surface area contributed by atoms with E-state index >= 15 is 0 Å². The first-order valence-electron chi connectivity index (χ1n) is 9.89. The number of nitrogens with two attached hydrogens (primary N) is 1. The molecule has 1 saturated carbocycles. The Balaban J connectivity index is 0.00000338. The summed E-state index contributed by atoms with van der Waals surface area (Å²) in [5, 5.41) is 2.93. The number of rotatable bonds is 7. The summed E-state index contributed by atoms with van der Waals surface area (Å²) in [5.41, 5.74) is 7.15. The van der Waals surface area contributed by atoms with Gasteiger partial charge in [-0.25, -0.2) is 0 Å². The Morgan fingerprint density at radius 3 is 2.38 bits per heavy atom. The molecule has 0 aromatic rings. The largest absolute Gasteiger partial charge is 0.369 e. The molecule has 0 heterocycles. The highest BCUT2D eigenvalue weighted by Gasteiger charge is 2.37. The molecule has 0 spiro atoms. The third kappa shape index (κ3) is 6.07. The van der Waals surface area contributed by atoms with Crippen LogP contribution in [0.25, 0.3) is 0 Å². The third-order valence-electron chi connectivity index (χ3n) is 5.56. The van der Waals surface area contributed by atoms with Crippen molar-refractivity contribution in [3.63, 3.8) is 0 Å². The Labute approximate surface area is 163 Å². The fraction of sp³-hybridized carbons (Fsp3) is 0.800. The first kappa shape index (κ1) is 23.1. The van der Waals surface area contributed by atoms with Crippen LogP contribution in [0.4, 0.5) is 0 Å². The minimum absolute atomic E-state index is 0. The molecule has 3 N–H and O–H groups in total. The normalized spacial score (nSPS) is 26.8. The zero-order valence-electron chi connectivity index (χ0n) is 16.3. The van der Waals surface area contributed by atoms with E-state index in [2.05, 4.69) is 19.2 Å². The summed E-state index contributed by atoms with van der Waals surface area (Å²) in [7, 11) is 0. The molecule has 0 aliphatic heterocycles. The number of halogens is 1. The van der Waals surface area contributed by atoms with Crippen molar-refractivity contribution in [2.45, 2.75) is 96.4 Å². The predicted molar refractivity (Wildman–Crippen MR) is 106 cm³/mol. The molecular formula is C20H35ClN2O3. The van der Waals surface area contributed by atoms with Crippen LogP contribution in [0.1, 0.15) is 72.1 Å². The van der Waals surface area contributed by atoms with E-state index in [4.69, 9.17) is 10.5 Å². The summed E-state index contributed by atoms with van der Waals surface area (Å²) in [6.45, 7) is 5.66. The van der Waals surface area contributed by atoms with Crippen molar-refractivity contribution in [3.05, 3.63) is 11.6 Å². The van der Waals surface area contributed by atoms with Crippen molar-refractivity contribution >= 4 is 24.1 Å². The first-order chi connectivity index (χ1) is 12.0. The quantitative estimate of drug-likeness (QED) is 0.703. The van der Waals surface area contributed by atoms with E-state index in [0.717, 1.165) is 44.1 Å². The van der Waals surface area contributed by atoms with Crippen molar-refractivity contribution in [1.82, 2.24) is 5.32 Å². The Morgan fingerprint density at radius 1 is 1.23 bits per heavy atom. The Kier molecular flexibility index (Phi) is 9.83. The van der Waals surface area contributed by atoms with Crippen molar-refractivity contribution in [2.75, 3.05) is 0 Å². The summed E-state index contributed by atoms with van der Waals surface area (Å²) in [6.07, 6.45) is 9.50. The summed E-state index contributed by atoms with van der Waals surface area (Å²) in [6, 6.07) is -0.572. The summed E-state index contributed by atoms with van der Waals surface area (Å²) in [5.74, 6) is 0.266. The van der Waals surface area contributed by atoms with Crippen molar-refractivity contribution in [3.8, 4) is 0 Å². The molecule has 6 heteroatoms. The van der Waals surface area contributed by atoms with Gasteiger partial charge < -0.3 is 15.8 Å². The van der Waals surface area contributed by atoms with Crippen LogP contribution in [0, 0.1) is 5.92 Å². The van der Waals surface area contributed by atoms with Crippen LogP contribution in [0.2, 0.25) is 0 Å². The number of amides is 1. The van der Waals surface area contributed by atoms with E-state index in [1.807, 2.05) is 6.08 Å². The minimum atomic E-state index is -0.333. The molecule has 3 atom stereocenters. The zero-order valence-corrected chi connectivity index (χ0v) is 17.1. The number of nitrogens with one attached hydrogen (secondary N) is 1. The second-order valence-electron chi connectivity index (χ2n) is 7.52. The number of hydrogen-bond donors (Lipinski definition) is 2. The number of Topliss-reactive ketones (excluding diaryl/α,β-unsaturated/α-hetero) is 1. The lowest BCUT2D eigenvalue weighted by Gasteiger charge is -2.37. The summed E-state index contributed by atoms with van der Waals surface area (Å²) in [4.78, 5) is 24.5. The SMILES string of the molecule is CCC(CC)O[C@@H]1C=C(C(=O)C2CCCCC2)C[C@H](N)[C@H]1NC(C)=O.Cl. The van der Waals surface area contributed by atoms with E-state index in [1.54, 1.807) is 0 Å². The fourth-order valence-electron chi connectivity index (χ4n) is 4.06. The van der Waals surface area contributed by atoms with Crippen LogP contribution < -0.4 is 11.1 Å². The second kappa shape index (κ2) is 11.1. The van der Waals surface area contributed by atoms with Gasteiger partial charge in [0.25, 0.3) is 0 Å². The van der Waals surface area contributed by atoms with Gasteiger partial charge in [-0.05, 0) is 43.8 Å². The lowest BCUT2D eigenvalue weighted by atomic mass is 9.79. The van der Waals surface area contributed by atoms with Crippen LogP contribution in [-0.4, -0.2) is 36.0 Å². The van der Waals surface area contributed by atoms with E-state index in [0.29, 0.717) is 6.42 Å². The maximum atomic E-state index is 12.9. The highest BCUT2D eigenvalue weighted by molar-refractivity contribution is 5.97. The number of carbonyl (C=O) groups is 2. The predicted octanol–water partition coefficient (Wildman–Crippen LogP) is 3.29. The van der Waals surface area contributed by atoms with Gasteiger partial charge in [0, 0.05) is 18.9 Å². The van der Waals surface area contributed by atoms with Crippen molar-refractivity contribution < 1.29 is 14.3 Å². The molecule has 0 aromatic heterocycles. The minimum Gasteiger partial charge on any atom is -0.369 e. The summed E-state index contributed by atoms with van der Waals surface area (Å²) >= 11 is 0. The lowest BCUT2D eigenvalue weighted by molar-refractivity contribution is -0.121. The Morgan fingerprint density at radius 2 is 1.85 bits per heavy atom. The number of carbonyl (C=O) groups excluding carboxylic acids is 2. The Hall–Kier alpha value is -0.910. The van der Waals surface area contributed by atoms with Gasteiger partial charge in [-0.2, -0.15) is 0 Å². The highest BCUT2D eigenvalue weighted by Crippen LogP contribution is 2.31. The fourth-order valence-corrected chi connectivity index (χ4v) is 4.06. The molecule has 0 saturated heterocycles. The molecule has 150 valence electrons. The molecule has 26 heavy (non-hydrogen) atoms. The van der Waals surface area contributed by atoms with Gasteiger partial charge >= 0.3 is 0 Å². The van der Waals surface area contributed by atoms with Crippen LogP contribution in [0.3, 0.4) is 0 Å². The Bertz CT molecular complexity index is 499. The molecule has 0 unspecified atom stereocenters. The van der Waals surface area contributed by atoms with Gasteiger partial charge in [0.1, 0.15) is 0 Å². The van der Waals surface area contributed by atoms with Crippen molar-refractivity contribution in [2.24, 2.45) is 11.7 Å². The summed E-state index contributed by atoms with van der Waals surface area (Å²) < 4.78 is 6.22. The second-order valence-corrected chi connectivity index (χ2v) is 7.52. The molecular weight excluding hydrogens is 352 g/mol. The lowest BCUT2D eigenvalue weighted by Crippen LogP contribution is -2.57. The van der Waals surface area contributed by atoms with Crippen molar-refractivity contribution in [1.29, 1.82) is 0 Å². The van der Waals surface area contributed by atoms with Crippen LogP contribution >= 0.6 is 12.4 Å². The molecule has 2 aliphatic carbocycles. The maximum Gasteiger partial charge on any atom is 0.217 e. The zero-order chi connectivity index (χ0) is 18.4. The van der Waals surface area contributed by atoms with Crippen LogP contribution in [-0.2, 0) is 14.3 Å². The molecule has 5 nitrogen and oxygen atoms in total. The average Bonchev–Trinajstić information content (AvgIpc) is 2.61. The molecule has 0 bridgehead atoms. The van der Waals surface area contributed by atoms with Gasteiger partial charge in [0.15, 0.2) is 5.78 Å². The van der Waals surface area contributed by atoms with E-state index in [1.165, 1.54) is 13.3 Å². The number of hydrogen-bond acceptors (Lipinski definition) is 4. The van der Waals surface area contributed by atoms with Gasteiger partial charge in [0.05, 0.1) is 18.2 Å². The molecule has 0 aromatic carbocycles. The van der Waals surface area contributed by atoms with E-state index < -0.39 is 0 Å². The van der Waals surface area contributed by atoms with Gasteiger partial charge in [0.2, 0.25) is 5.91 Å². The smallest absolute Gasteiger partial charge is 0.217 e. The van der Waals surface area contributed by atoms with E-state index in [9.17, 15) is 9.59 Å². The van der Waals surface area contributed by atoms with Gasteiger partial charge in [-0.3, -0.25) is 9.59 Å². The van der Waals surface area contributed by atoms with Gasteiger partial charge in [-0.1, -0.05) is 33.1 Å². The monoisotopic (exact) mass is 386 g/mol. The number of ketones is 1.